The second-order valence-corrected chi connectivity index (χ2v) is 7.03. The van der Waals surface area contributed by atoms with E-state index in [2.05, 4.69) is 20.9 Å². The summed E-state index contributed by atoms with van der Waals surface area (Å²) in [6.45, 7) is 4.43. The molecule has 27 heavy (non-hydrogen) atoms. The Labute approximate surface area is 157 Å². The van der Waals surface area contributed by atoms with Gasteiger partial charge in [-0.1, -0.05) is 12.1 Å². The van der Waals surface area contributed by atoms with Crippen molar-refractivity contribution < 1.29 is 0 Å². The minimum atomic E-state index is 0.0494. The SMILES string of the molecule is Cc1nc2ccccc2c(=O)n1CC1CCN(c2ccnc(C#N)c2)CC1. The van der Waals surface area contributed by atoms with E-state index < -0.39 is 0 Å². The maximum Gasteiger partial charge on any atom is 0.261 e. The van der Waals surface area contributed by atoms with Crippen LogP contribution in [-0.2, 0) is 6.54 Å². The lowest BCUT2D eigenvalue weighted by molar-refractivity contribution is 0.349. The second kappa shape index (κ2) is 7.20. The number of hydrogen-bond acceptors (Lipinski definition) is 5. The van der Waals surface area contributed by atoms with Crippen molar-refractivity contribution in [2.24, 2.45) is 5.92 Å². The molecule has 3 heterocycles. The smallest absolute Gasteiger partial charge is 0.261 e. The number of benzene rings is 1. The Morgan fingerprint density at radius 3 is 2.78 bits per heavy atom. The van der Waals surface area contributed by atoms with Gasteiger partial charge in [-0.3, -0.25) is 9.36 Å². The molecule has 0 N–H and O–H groups in total. The van der Waals surface area contributed by atoms with Crippen molar-refractivity contribution in [3.05, 3.63) is 64.5 Å². The zero-order chi connectivity index (χ0) is 18.8. The first-order valence-corrected chi connectivity index (χ1v) is 9.23. The lowest BCUT2D eigenvalue weighted by atomic mass is 9.96. The van der Waals surface area contributed by atoms with Gasteiger partial charge >= 0.3 is 0 Å². The third-order valence-electron chi connectivity index (χ3n) is 5.33. The molecule has 0 aliphatic carbocycles. The molecule has 0 amide bonds. The molecular formula is C21H21N5O. The van der Waals surface area contributed by atoms with Crippen LogP contribution in [0.4, 0.5) is 5.69 Å². The summed E-state index contributed by atoms with van der Waals surface area (Å²) in [5, 5.41) is 9.71. The lowest BCUT2D eigenvalue weighted by Gasteiger charge is -2.34. The minimum absolute atomic E-state index is 0.0494. The Morgan fingerprint density at radius 1 is 1.22 bits per heavy atom. The number of para-hydroxylation sites is 1. The van der Waals surface area contributed by atoms with Gasteiger partial charge in [0.05, 0.1) is 10.9 Å². The van der Waals surface area contributed by atoms with E-state index in [0.717, 1.165) is 43.0 Å². The second-order valence-electron chi connectivity index (χ2n) is 7.03. The highest BCUT2D eigenvalue weighted by Crippen LogP contribution is 2.24. The molecular weight excluding hydrogens is 338 g/mol. The number of rotatable bonds is 3. The summed E-state index contributed by atoms with van der Waals surface area (Å²) >= 11 is 0. The molecule has 2 aromatic heterocycles. The molecule has 1 aliphatic heterocycles. The van der Waals surface area contributed by atoms with E-state index in [-0.39, 0.29) is 5.56 Å². The van der Waals surface area contributed by atoms with E-state index in [0.29, 0.717) is 23.5 Å². The van der Waals surface area contributed by atoms with Gasteiger partial charge in [-0.2, -0.15) is 5.26 Å². The van der Waals surface area contributed by atoms with Crippen LogP contribution in [0, 0.1) is 24.2 Å². The predicted octanol–water partition coefficient (Wildman–Crippen LogP) is 2.89. The molecule has 0 saturated carbocycles. The highest BCUT2D eigenvalue weighted by Gasteiger charge is 2.21. The molecule has 136 valence electrons. The van der Waals surface area contributed by atoms with Gasteiger partial charge in [-0.05, 0) is 49.9 Å². The minimum Gasteiger partial charge on any atom is -0.371 e. The van der Waals surface area contributed by atoms with Crippen LogP contribution in [0.25, 0.3) is 10.9 Å². The van der Waals surface area contributed by atoms with Gasteiger partial charge < -0.3 is 4.90 Å². The van der Waals surface area contributed by atoms with Gasteiger partial charge in [0, 0.05) is 31.5 Å². The molecule has 1 saturated heterocycles. The first-order valence-electron chi connectivity index (χ1n) is 9.23. The molecule has 1 aromatic carbocycles. The summed E-state index contributed by atoms with van der Waals surface area (Å²) in [4.78, 5) is 23.8. The average Bonchev–Trinajstić information content (AvgIpc) is 2.71. The fourth-order valence-electron chi connectivity index (χ4n) is 3.80. The van der Waals surface area contributed by atoms with Crippen molar-refractivity contribution in [1.29, 1.82) is 5.26 Å². The molecule has 0 atom stereocenters. The van der Waals surface area contributed by atoms with Crippen LogP contribution < -0.4 is 10.5 Å². The summed E-state index contributed by atoms with van der Waals surface area (Å²) in [6, 6.07) is 13.4. The summed E-state index contributed by atoms with van der Waals surface area (Å²) in [7, 11) is 0. The topological polar surface area (TPSA) is 74.8 Å². The summed E-state index contributed by atoms with van der Waals surface area (Å²) < 4.78 is 1.82. The predicted molar refractivity (Wildman–Crippen MR) is 105 cm³/mol. The van der Waals surface area contributed by atoms with Crippen molar-refractivity contribution in [2.75, 3.05) is 18.0 Å². The highest BCUT2D eigenvalue weighted by atomic mass is 16.1. The largest absolute Gasteiger partial charge is 0.371 e. The Morgan fingerprint density at radius 2 is 2.00 bits per heavy atom. The van der Waals surface area contributed by atoms with E-state index >= 15 is 0 Å². The van der Waals surface area contributed by atoms with Crippen LogP contribution in [0.3, 0.4) is 0 Å². The van der Waals surface area contributed by atoms with Gasteiger partial charge in [-0.25, -0.2) is 9.97 Å². The Kier molecular flexibility index (Phi) is 4.59. The number of fused-ring (bicyclic) bond motifs is 1. The first-order chi connectivity index (χ1) is 13.2. The number of nitriles is 1. The van der Waals surface area contributed by atoms with Gasteiger partial charge in [0.15, 0.2) is 0 Å². The van der Waals surface area contributed by atoms with Crippen LogP contribution in [0.2, 0.25) is 0 Å². The van der Waals surface area contributed by atoms with Gasteiger partial charge in [-0.15, -0.1) is 0 Å². The van der Waals surface area contributed by atoms with Gasteiger partial charge in [0.1, 0.15) is 17.6 Å². The summed E-state index contributed by atoms with van der Waals surface area (Å²) in [5.74, 6) is 1.21. The zero-order valence-electron chi connectivity index (χ0n) is 15.3. The average molecular weight is 359 g/mol. The first kappa shape index (κ1) is 17.2. The van der Waals surface area contributed by atoms with Gasteiger partial charge in [0.25, 0.3) is 5.56 Å². The normalized spacial score (nSPS) is 15.0. The molecule has 0 spiro atoms. The number of anilines is 1. The maximum absolute atomic E-state index is 12.9. The highest BCUT2D eigenvalue weighted by molar-refractivity contribution is 5.77. The monoisotopic (exact) mass is 359 g/mol. The molecule has 3 aromatic rings. The quantitative estimate of drug-likeness (QED) is 0.719. The fraction of sp³-hybridized carbons (Fsp3) is 0.333. The van der Waals surface area contributed by atoms with E-state index in [1.165, 1.54) is 0 Å². The third kappa shape index (κ3) is 3.41. The van der Waals surface area contributed by atoms with Crippen molar-refractivity contribution in [3.63, 3.8) is 0 Å². The number of pyridine rings is 1. The van der Waals surface area contributed by atoms with Gasteiger partial charge in [0.2, 0.25) is 0 Å². The summed E-state index contributed by atoms with van der Waals surface area (Å²) in [6.07, 6.45) is 3.69. The molecule has 0 radical (unpaired) electrons. The van der Waals surface area contributed by atoms with Crippen LogP contribution in [0.15, 0.2) is 47.4 Å². The Balaban J connectivity index is 1.49. The van der Waals surface area contributed by atoms with E-state index in [1.54, 1.807) is 6.20 Å². The molecule has 1 fully saturated rings. The third-order valence-corrected chi connectivity index (χ3v) is 5.33. The van der Waals surface area contributed by atoms with Crippen molar-refractivity contribution in [2.45, 2.75) is 26.3 Å². The Bertz CT molecular complexity index is 1070. The molecule has 1 aliphatic rings. The molecule has 6 nitrogen and oxygen atoms in total. The van der Waals surface area contributed by atoms with E-state index in [4.69, 9.17) is 5.26 Å². The maximum atomic E-state index is 12.9. The van der Waals surface area contributed by atoms with Crippen molar-refractivity contribution >= 4 is 16.6 Å². The number of aryl methyl sites for hydroxylation is 1. The van der Waals surface area contributed by atoms with E-state index in [1.807, 2.05) is 47.9 Å². The number of piperidine rings is 1. The van der Waals surface area contributed by atoms with Crippen LogP contribution >= 0.6 is 0 Å². The number of aromatic nitrogens is 3. The molecule has 0 bridgehead atoms. The standard InChI is InChI=1S/C21H21N5O/c1-15-24-20-5-3-2-4-19(20)21(27)26(15)14-16-7-10-25(11-8-16)18-6-9-23-17(12-18)13-22/h2-6,9,12,16H,7-8,10-11,14H2,1H3. The number of hydrogen-bond donors (Lipinski definition) is 0. The van der Waals surface area contributed by atoms with Crippen LogP contribution in [0.1, 0.15) is 24.4 Å². The summed E-state index contributed by atoms with van der Waals surface area (Å²) in [5.41, 5.74) is 2.30. The number of nitrogens with zero attached hydrogens (tertiary/aromatic N) is 5. The van der Waals surface area contributed by atoms with Crippen molar-refractivity contribution in [1.82, 2.24) is 14.5 Å². The molecule has 6 heteroatoms. The lowest BCUT2D eigenvalue weighted by Crippen LogP contribution is -2.37. The van der Waals surface area contributed by atoms with Crippen LogP contribution in [-0.4, -0.2) is 27.6 Å². The molecule has 4 rings (SSSR count). The molecule has 0 unspecified atom stereocenters. The van der Waals surface area contributed by atoms with Crippen LogP contribution in [0.5, 0.6) is 0 Å². The van der Waals surface area contributed by atoms with E-state index in [9.17, 15) is 4.79 Å². The van der Waals surface area contributed by atoms with Crippen molar-refractivity contribution in [3.8, 4) is 6.07 Å². The zero-order valence-corrected chi connectivity index (χ0v) is 15.3. The Hall–Kier alpha value is -3.20. The fourth-order valence-corrected chi connectivity index (χ4v) is 3.80.